The number of carbonyl (C=O) groups is 2. The van der Waals surface area contributed by atoms with Gasteiger partial charge in [-0.15, -0.1) is 0 Å². The van der Waals surface area contributed by atoms with Gasteiger partial charge in [0.1, 0.15) is 85.4 Å². The van der Waals surface area contributed by atoms with Crippen LogP contribution in [0.3, 0.4) is 0 Å². The highest BCUT2D eigenvalue weighted by Gasteiger charge is 2.60. The summed E-state index contributed by atoms with van der Waals surface area (Å²) in [5, 5.41) is 87.4. The van der Waals surface area contributed by atoms with Gasteiger partial charge in [0.05, 0.1) is 25.9 Å². The minimum atomic E-state index is -5.98. The second-order valence-electron chi connectivity index (χ2n) is 18.2. The van der Waals surface area contributed by atoms with Gasteiger partial charge in [-0.3, -0.25) is 27.3 Å². The standard InChI is InChI=1S/C33H55NO44S6/c1-7-13(35)14(36)9(4-64-79(45,46)47)67-29(7)72-22-16(38)17(39)32(74-25(22)27(41)42)71-21-11(6-66-81(51,52)53)68-30(8(2)19(21)76-82(54,55)56)73-23-18(40)24(77-83(57,58)59)33(75-26(23)28(43)44)70-20-10(5-65-80(48,49)50)69-31(63-3)12(15(20)37)34-78-84(60,61)62/h7-26,29-40H,4-6H2,1-3H3,(H,41,42)(H,43,44)(H,45,46,47)(H,48,49,50)(H,51,52,53)(H,54,55,56)(H,57,58,59)(H,60,61,62)/t7?,8?,9?,10?,11?,12?,13-,14-,15-,16?,17+,18?,19-,20-,21-,22+,23-,24+,25?,26?,29-,30+,31+,32-,33-/m1/s1. The van der Waals surface area contributed by atoms with E-state index in [1.807, 2.05) is 0 Å². The summed E-state index contributed by atoms with van der Waals surface area (Å²) in [6, 6.07) is -2.14. The third-order valence-electron chi connectivity index (χ3n) is 12.5. The van der Waals surface area contributed by atoms with Crippen molar-refractivity contribution in [2.45, 2.75) is 155 Å². The molecule has 0 spiro atoms. The Morgan fingerprint density at radius 2 is 0.810 bits per heavy atom. The molecule has 0 aliphatic carbocycles. The summed E-state index contributed by atoms with van der Waals surface area (Å²) in [6.45, 7) is -2.41. The van der Waals surface area contributed by atoms with Gasteiger partial charge in [-0.2, -0.15) is 60.3 Å². The van der Waals surface area contributed by atoms with Crippen LogP contribution in [0.4, 0.5) is 0 Å². The maximum absolute atomic E-state index is 12.9. The van der Waals surface area contributed by atoms with Crippen molar-refractivity contribution >= 4 is 74.3 Å². The lowest BCUT2D eigenvalue weighted by molar-refractivity contribution is -0.378. The number of aliphatic hydroxyl groups excluding tert-OH is 6. The van der Waals surface area contributed by atoms with Crippen molar-refractivity contribution in [2.75, 3.05) is 26.9 Å². The van der Waals surface area contributed by atoms with Crippen LogP contribution in [0.25, 0.3) is 0 Å². The molecule has 0 aromatic carbocycles. The number of aliphatic hydroxyl groups is 6. The molecular formula is C33H55NO44S6. The van der Waals surface area contributed by atoms with E-state index in [2.05, 4.69) is 21.0 Å². The molecule has 0 saturated carbocycles. The minimum Gasteiger partial charge on any atom is -0.479 e. The number of hydrogen-bond acceptors (Lipinski definition) is 37. The van der Waals surface area contributed by atoms with Crippen LogP contribution in [0.2, 0.25) is 0 Å². The zero-order chi connectivity index (χ0) is 63.7. The molecule has 0 aromatic rings. The van der Waals surface area contributed by atoms with Crippen molar-refractivity contribution < 1.29 is 201 Å². The lowest BCUT2D eigenvalue weighted by atomic mass is 9.91. The molecule has 0 aromatic heterocycles. The van der Waals surface area contributed by atoms with E-state index in [0.29, 0.717) is 0 Å². The Bertz CT molecular complexity index is 2950. The summed E-state index contributed by atoms with van der Waals surface area (Å²) in [6.07, 6.45) is -54.4. The van der Waals surface area contributed by atoms with E-state index in [1.54, 1.807) is 5.48 Å². The van der Waals surface area contributed by atoms with Crippen LogP contribution >= 0.6 is 0 Å². The third-order valence-corrected chi connectivity index (χ3v) is 15.0. The molecule has 15 N–H and O–H groups in total. The highest BCUT2D eigenvalue weighted by atomic mass is 32.3. The Hall–Kier alpha value is -2.52. The van der Waals surface area contributed by atoms with Gasteiger partial charge in [0.15, 0.2) is 49.8 Å². The van der Waals surface area contributed by atoms with E-state index >= 15 is 0 Å². The average Bonchev–Trinajstić information content (AvgIpc) is 1.93. The van der Waals surface area contributed by atoms with Gasteiger partial charge >= 0.3 is 74.3 Å². The molecule has 45 nitrogen and oxygen atoms in total. The SMILES string of the molecule is CO[C@H]1OC(COS(=O)(=O)O)[C@@H](O[C@@H]2OC(C(=O)O)[C@H](O[C@@H]3OC(COS(=O)(=O)O)[C@@H](O[C@@H]4OC(C(=O)O)[C@@H](O[C@H]5OC(COS(=O)(=O)O)[C@@H](O)[C@H](O)C5C)C(O)[C@@H]4O)[C@H](OS(=O)(=O)O)C3C)C(O)[C@@H]2OS(=O)(=O)O)[C@H](O)C1NOS(=O)(=O)O. The molecule has 0 amide bonds. The monoisotopic (exact) mass is 1360 g/mol. The summed E-state index contributed by atoms with van der Waals surface area (Å²) in [7, 11) is -32.8. The van der Waals surface area contributed by atoms with Gasteiger partial charge in [-0.1, -0.05) is 13.8 Å². The van der Waals surface area contributed by atoms with Crippen molar-refractivity contribution in [3.63, 3.8) is 0 Å². The second-order valence-corrected chi connectivity index (χ2v) is 24.6. The fourth-order valence-electron chi connectivity index (χ4n) is 8.71. The first-order valence-electron chi connectivity index (χ1n) is 22.8. The molecule has 5 rings (SSSR count). The molecule has 5 aliphatic heterocycles. The average molecular weight is 1360 g/mol. The molecule has 0 radical (unpaired) electrons. The number of methoxy groups -OCH3 is 1. The molecule has 25 atom stereocenters. The molecule has 10 unspecified atom stereocenters. The summed E-state index contributed by atoms with van der Waals surface area (Å²) < 4.78 is 278. The molecule has 5 aliphatic rings. The Balaban J connectivity index is 1.50. The second kappa shape index (κ2) is 28.1. The number of hydroxylamine groups is 1. The number of rotatable bonds is 27. The molecule has 51 heteroatoms. The largest absolute Gasteiger partial charge is 0.479 e. The Morgan fingerprint density at radius 3 is 1.27 bits per heavy atom. The van der Waals surface area contributed by atoms with Crippen molar-refractivity contribution in [1.82, 2.24) is 5.48 Å². The molecule has 0 bridgehead atoms. The molecule has 84 heavy (non-hydrogen) atoms. The van der Waals surface area contributed by atoms with Gasteiger partial charge in [-0.05, 0) is 0 Å². The smallest absolute Gasteiger partial charge is 0.413 e. The summed E-state index contributed by atoms with van der Waals surface area (Å²) in [4.78, 5) is 25.6. The van der Waals surface area contributed by atoms with Crippen LogP contribution < -0.4 is 5.48 Å². The van der Waals surface area contributed by atoms with Gasteiger partial charge in [0, 0.05) is 18.9 Å². The van der Waals surface area contributed by atoms with Crippen LogP contribution in [-0.2, 0) is 145 Å². The van der Waals surface area contributed by atoms with Crippen LogP contribution in [0, 0.1) is 11.8 Å². The lowest BCUT2D eigenvalue weighted by Crippen LogP contribution is -2.69. The number of nitrogens with one attached hydrogen (secondary N) is 1. The predicted octanol–water partition coefficient (Wildman–Crippen LogP) is -10.1. The first kappa shape index (κ1) is 72.2. The highest BCUT2D eigenvalue weighted by molar-refractivity contribution is 7.82. The van der Waals surface area contributed by atoms with Gasteiger partial charge < -0.3 is 88.2 Å². The molecule has 5 fully saturated rings. The van der Waals surface area contributed by atoms with E-state index in [4.69, 9.17) is 60.7 Å². The Morgan fingerprint density at radius 1 is 0.405 bits per heavy atom. The summed E-state index contributed by atoms with van der Waals surface area (Å²) >= 11 is 0. The summed E-state index contributed by atoms with van der Waals surface area (Å²) in [5.74, 6) is -7.88. The minimum absolute atomic E-state index is 0.797. The molecule has 492 valence electrons. The molecular weight excluding hydrogens is 1310 g/mol. The number of ether oxygens (including phenoxy) is 10. The van der Waals surface area contributed by atoms with E-state index in [-0.39, 0.29) is 0 Å². The summed E-state index contributed by atoms with van der Waals surface area (Å²) in [5.41, 5.74) is 1.58. The number of aliphatic carboxylic acids is 2. The number of hydrogen-bond donors (Lipinski definition) is 15. The first-order chi connectivity index (χ1) is 38.3. The topological polar surface area (TPSA) is 682 Å². The fraction of sp³-hybridized carbons (Fsp3) is 0.939. The maximum atomic E-state index is 12.9. The zero-order valence-corrected chi connectivity index (χ0v) is 46.9. The molecule has 5 heterocycles. The quantitative estimate of drug-likeness (QED) is 0.0268. The van der Waals surface area contributed by atoms with E-state index in [0.717, 1.165) is 21.0 Å². The van der Waals surface area contributed by atoms with Gasteiger partial charge in [0.25, 0.3) is 0 Å². The number of carboxylic acids is 2. The normalized spacial score (nSPS) is 40.5. The van der Waals surface area contributed by atoms with E-state index in [1.165, 1.54) is 0 Å². The lowest BCUT2D eigenvalue weighted by Gasteiger charge is -2.50. The Labute approximate surface area is 472 Å². The van der Waals surface area contributed by atoms with Crippen molar-refractivity contribution in [3.8, 4) is 0 Å². The van der Waals surface area contributed by atoms with Crippen LogP contribution in [0.5, 0.6) is 0 Å². The third kappa shape index (κ3) is 19.7. The van der Waals surface area contributed by atoms with E-state index in [9.17, 15) is 119 Å². The van der Waals surface area contributed by atoms with Crippen LogP contribution in [0.15, 0.2) is 0 Å². The van der Waals surface area contributed by atoms with Crippen LogP contribution in [0.1, 0.15) is 13.8 Å². The fourth-order valence-corrected chi connectivity index (χ4v) is 10.9. The predicted molar refractivity (Wildman–Crippen MR) is 244 cm³/mol. The number of carboxylic acid groups (broad SMARTS) is 2. The van der Waals surface area contributed by atoms with E-state index < -0.39 is 247 Å². The highest BCUT2D eigenvalue weighted by Crippen LogP contribution is 2.40. The van der Waals surface area contributed by atoms with Gasteiger partial charge in [0.2, 0.25) is 0 Å². The molecule has 5 saturated heterocycles. The van der Waals surface area contributed by atoms with Crippen LogP contribution in [-0.4, -0.2) is 299 Å². The Kier molecular flexibility index (Phi) is 24.2. The van der Waals surface area contributed by atoms with Crippen molar-refractivity contribution in [1.29, 1.82) is 0 Å². The zero-order valence-electron chi connectivity index (χ0n) is 42.0. The van der Waals surface area contributed by atoms with Crippen molar-refractivity contribution in [2.24, 2.45) is 11.8 Å². The maximum Gasteiger partial charge on any atom is 0.413 e. The van der Waals surface area contributed by atoms with Gasteiger partial charge in [-0.25, -0.2) is 30.5 Å². The van der Waals surface area contributed by atoms with Crippen molar-refractivity contribution in [3.05, 3.63) is 0 Å². The first-order valence-corrected chi connectivity index (χ1v) is 31.0.